The summed E-state index contributed by atoms with van der Waals surface area (Å²) in [4.78, 5) is 31.7. The number of hydrogen-bond acceptors (Lipinski definition) is 5. The van der Waals surface area contributed by atoms with Crippen LogP contribution in [0, 0.1) is 5.92 Å². The molecule has 3 N–H and O–H groups in total. The van der Waals surface area contributed by atoms with Gasteiger partial charge in [0.05, 0.1) is 24.1 Å². The van der Waals surface area contributed by atoms with E-state index in [4.69, 9.17) is 5.73 Å². The monoisotopic (exact) mass is 392 g/mol. The molecule has 2 aromatic heterocycles. The maximum atomic E-state index is 13.1. The zero-order valence-corrected chi connectivity index (χ0v) is 16.5. The molecule has 1 aliphatic heterocycles. The molecule has 0 unspecified atom stereocenters. The lowest BCUT2D eigenvalue weighted by atomic mass is 9.90. The first-order valence-corrected chi connectivity index (χ1v) is 9.68. The average Bonchev–Trinajstić information content (AvgIpc) is 3.13. The van der Waals surface area contributed by atoms with Crippen LogP contribution in [-0.2, 0) is 16.6 Å². The number of piperidine rings is 1. The molecule has 150 valence electrons. The highest BCUT2D eigenvalue weighted by molar-refractivity contribution is 6.40. The first-order chi connectivity index (χ1) is 14.0. The van der Waals surface area contributed by atoms with Crippen LogP contribution in [0.4, 0.5) is 11.5 Å². The average molecular weight is 392 g/mol. The number of amides is 2. The number of benzene rings is 1. The number of carbonyl (C=O) groups excluding carboxylic acids is 2. The van der Waals surface area contributed by atoms with E-state index in [0.29, 0.717) is 34.9 Å². The van der Waals surface area contributed by atoms with Crippen molar-refractivity contribution < 1.29 is 9.59 Å². The summed E-state index contributed by atoms with van der Waals surface area (Å²) in [6, 6.07) is 9.75. The van der Waals surface area contributed by atoms with Gasteiger partial charge in [-0.05, 0) is 24.3 Å². The molecule has 2 atom stereocenters. The number of nitrogens with two attached hydrogens (primary N) is 1. The fourth-order valence-corrected chi connectivity index (χ4v) is 4.01. The van der Waals surface area contributed by atoms with Crippen molar-refractivity contribution >= 4 is 34.2 Å². The lowest BCUT2D eigenvalue weighted by Crippen LogP contribution is -2.46. The zero-order chi connectivity index (χ0) is 20.5. The third-order valence-corrected chi connectivity index (χ3v) is 5.51. The molecule has 0 aliphatic carbocycles. The quantitative estimate of drug-likeness (QED) is 0.652. The highest BCUT2D eigenvalue weighted by Gasteiger charge is 2.34. The molecule has 3 heterocycles. The van der Waals surface area contributed by atoms with Crippen molar-refractivity contribution in [2.24, 2.45) is 13.0 Å². The van der Waals surface area contributed by atoms with Crippen LogP contribution in [0.25, 0.3) is 10.9 Å². The smallest absolute Gasteiger partial charge is 0.313 e. The first-order valence-electron chi connectivity index (χ1n) is 9.68. The number of fused-ring (bicyclic) bond motifs is 1. The summed E-state index contributed by atoms with van der Waals surface area (Å²) in [6.45, 7) is 2.65. The van der Waals surface area contributed by atoms with Crippen LogP contribution >= 0.6 is 0 Å². The zero-order valence-electron chi connectivity index (χ0n) is 16.5. The Bertz CT molecular complexity index is 1060. The molecule has 0 bridgehead atoms. The van der Waals surface area contributed by atoms with E-state index >= 15 is 0 Å². The number of aromatic nitrogens is 3. The van der Waals surface area contributed by atoms with Gasteiger partial charge in [0.2, 0.25) is 0 Å². The van der Waals surface area contributed by atoms with Gasteiger partial charge in [0.1, 0.15) is 11.3 Å². The molecule has 1 aliphatic rings. The Morgan fingerprint density at radius 1 is 1.17 bits per heavy atom. The summed E-state index contributed by atoms with van der Waals surface area (Å²) in [6.07, 6.45) is 4.91. The third kappa shape index (κ3) is 3.53. The van der Waals surface area contributed by atoms with Gasteiger partial charge in [-0.2, -0.15) is 5.10 Å². The van der Waals surface area contributed by atoms with Gasteiger partial charge in [0.15, 0.2) is 0 Å². The molecule has 3 aromatic rings. The fraction of sp³-hybridized carbons (Fsp3) is 0.333. The van der Waals surface area contributed by atoms with Gasteiger partial charge >= 0.3 is 11.8 Å². The number of anilines is 2. The Balaban J connectivity index is 1.59. The summed E-state index contributed by atoms with van der Waals surface area (Å²) in [5.41, 5.74) is 7.99. The minimum Gasteiger partial charge on any atom is -0.382 e. The summed E-state index contributed by atoms with van der Waals surface area (Å²) in [5.74, 6) is -0.565. The predicted octanol–water partition coefficient (Wildman–Crippen LogP) is 2.49. The van der Waals surface area contributed by atoms with Gasteiger partial charge in [-0.3, -0.25) is 14.3 Å². The topological polar surface area (TPSA) is 106 Å². The van der Waals surface area contributed by atoms with Crippen molar-refractivity contribution in [3.63, 3.8) is 0 Å². The van der Waals surface area contributed by atoms with Gasteiger partial charge in [0, 0.05) is 19.0 Å². The molecule has 1 aromatic carbocycles. The minimum atomic E-state index is -0.684. The Morgan fingerprint density at radius 2 is 1.93 bits per heavy atom. The number of aryl methyl sites for hydroxylation is 1. The van der Waals surface area contributed by atoms with Crippen LogP contribution in [0.3, 0.4) is 0 Å². The summed E-state index contributed by atoms with van der Waals surface area (Å²) >= 11 is 0. The van der Waals surface area contributed by atoms with E-state index < -0.39 is 11.8 Å². The normalized spacial score (nSPS) is 19.3. The predicted molar refractivity (Wildman–Crippen MR) is 111 cm³/mol. The molecule has 0 radical (unpaired) electrons. The Hall–Kier alpha value is -3.42. The van der Waals surface area contributed by atoms with Gasteiger partial charge in [0.25, 0.3) is 0 Å². The maximum absolute atomic E-state index is 13.1. The second-order valence-electron chi connectivity index (χ2n) is 7.61. The van der Waals surface area contributed by atoms with Crippen molar-refractivity contribution in [2.45, 2.75) is 25.8 Å². The Kier molecular flexibility index (Phi) is 4.92. The molecule has 1 saturated heterocycles. The fourth-order valence-electron chi connectivity index (χ4n) is 4.01. The van der Waals surface area contributed by atoms with E-state index in [2.05, 4.69) is 22.3 Å². The number of pyridine rings is 1. The second-order valence-corrected chi connectivity index (χ2v) is 7.61. The van der Waals surface area contributed by atoms with E-state index in [1.165, 1.54) is 6.20 Å². The SMILES string of the molecule is C[C@H]1CC[C@H](c2ccccc2)N(C(=O)C(=O)Nc2cnc(N)c3c2cnn3C)C1. The molecular formula is C21H24N6O2. The van der Waals surface area contributed by atoms with Crippen molar-refractivity contribution in [3.05, 3.63) is 48.3 Å². The number of likely N-dealkylation sites (tertiary alicyclic amines) is 1. The number of hydrogen-bond donors (Lipinski definition) is 2. The number of rotatable bonds is 2. The van der Waals surface area contributed by atoms with Crippen molar-refractivity contribution in [3.8, 4) is 0 Å². The molecule has 0 saturated carbocycles. The molecule has 2 amide bonds. The minimum absolute atomic E-state index is 0.103. The standard InChI is InChI=1S/C21H24N6O2/c1-13-8-9-17(14-6-4-3-5-7-14)27(12-13)21(29)20(28)25-16-11-23-19(22)18-15(16)10-24-26(18)2/h3-7,10-11,13,17H,8-9,12H2,1-2H3,(H2,22,23)(H,25,28)/t13-,17+/m0/s1. The summed E-state index contributed by atoms with van der Waals surface area (Å²) in [5, 5.41) is 7.52. The first kappa shape index (κ1) is 18.9. The second kappa shape index (κ2) is 7.54. The maximum Gasteiger partial charge on any atom is 0.313 e. The van der Waals surface area contributed by atoms with Crippen LogP contribution in [-0.4, -0.2) is 38.0 Å². The van der Waals surface area contributed by atoms with Gasteiger partial charge in [-0.1, -0.05) is 37.3 Å². The van der Waals surface area contributed by atoms with Crippen LogP contribution in [0.15, 0.2) is 42.7 Å². The van der Waals surface area contributed by atoms with Crippen LogP contribution < -0.4 is 11.1 Å². The van der Waals surface area contributed by atoms with E-state index in [1.807, 2.05) is 30.3 Å². The third-order valence-electron chi connectivity index (χ3n) is 5.51. The molecule has 29 heavy (non-hydrogen) atoms. The lowest BCUT2D eigenvalue weighted by molar-refractivity contribution is -0.146. The number of nitrogen functional groups attached to an aromatic ring is 1. The molecule has 4 rings (SSSR count). The van der Waals surface area contributed by atoms with Gasteiger partial charge < -0.3 is 16.0 Å². The van der Waals surface area contributed by atoms with E-state index in [0.717, 1.165) is 18.4 Å². The molecular weight excluding hydrogens is 368 g/mol. The van der Waals surface area contributed by atoms with Crippen molar-refractivity contribution in [2.75, 3.05) is 17.6 Å². The summed E-state index contributed by atoms with van der Waals surface area (Å²) < 4.78 is 1.59. The van der Waals surface area contributed by atoms with Crippen molar-refractivity contribution in [1.29, 1.82) is 0 Å². The number of nitrogens with zero attached hydrogens (tertiary/aromatic N) is 4. The van der Waals surface area contributed by atoms with Gasteiger partial charge in [-0.15, -0.1) is 0 Å². The Morgan fingerprint density at radius 3 is 2.69 bits per heavy atom. The number of nitrogens with one attached hydrogen (secondary N) is 1. The van der Waals surface area contributed by atoms with Crippen LogP contribution in [0.1, 0.15) is 31.4 Å². The lowest BCUT2D eigenvalue weighted by Gasteiger charge is -2.38. The largest absolute Gasteiger partial charge is 0.382 e. The highest BCUT2D eigenvalue weighted by atomic mass is 16.2. The van der Waals surface area contributed by atoms with E-state index in [9.17, 15) is 9.59 Å². The van der Waals surface area contributed by atoms with E-state index in [-0.39, 0.29) is 6.04 Å². The summed E-state index contributed by atoms with van der Waals surface area (Å²) in [7, 11) is 1.75. The van der Waals surface area contributed by atoms with Crippen LogP contribution in [0.2, 0.25) is 0 Å². The highest BCUT2D eigenvalue weighted by Crippen LogP contribution is 2.33. The Labute approximate surface area is 168 Å². The van der Waals surface area contributed by atoms with Crippen LogP contribution in [0.5, 0.6) is 0 Å². The molecule has 1 fully saturated rings. The van der Waals surface area contributed by atoms with Gasteiger partial charge in [-0.25, -0.2) is 4.98 Å². The number of carbonyl (C=O) groups is 2. The van der Waals surface area contributed by atoms with Crippen molar-refractivity contribution in [1.82, 2.24) is 19.7 Å². The molecule has 8 nitrogen and oxygen atoms in total. The van der Waals surface area contributed by atoms with E-state index in [1.54, 1.807) is 22.8 Å². The molecule has 8 heteroatoms. The molecule has 0 spiro atoms.